The second-order valence-corrected chi connectivity index (χ2v) is 6.78. The van der Waals surface area contributed by atoms with Crippen LogP contribution in [0.2, 0.25) is 0 Å². The molecule has 0 radical (unpaired) electrons. The first-order valence-electron chi connectivity index (χ1n) is 9.03. The molecular formula is C21H23N5O2. The molecule has 2 heterocycles. The first-order chi connectivity index (χ1) is 13.4. The van der Waals surface area contributed by atoms with Crippen LogP contribution in [0.1, 0.15) is 42.7 Å². The Hall–Kier alpha value is -3.48. The standard InChI is InChI=1S/C21H23N5O2/c1-14(2)20-18(13-23-26(20)19-7-5-6-12-22-19)21(28)24-16-8-10-17(11-9-16)25(4)15(3)27/h5-14H,1-4H3,(H,24,28). The third-order valence-electron chi connectivity index (χ3n) is 4.45. The van der Waals surface area contributed by atoms with Gasteiger partial charge < -0.3 is 10.2 Å². The van der Waals surface area contributed by atoms with Gasteiger partial charge in [-0.2, -0.15) is 5.10 Å². The number of nitrogens with zero attached hydrogens (tertiary/aromatic N) is 4. The number of carbonyl (C=O) groups excluding carboxylic acids is 2. The van der Waals surface area contributed by atoms with E-state index >= 15 is 0 Å². The zero-order valence-corrected chi connectivity index (χ0v) is 16.4. The Morgan fingerprint density at radius 1 is 1.11 bits per heavy atom. The van der Waals surface area contributed by atoms with Crippen molar-refractivity contribution in [3.8, 4) is 5.82 Å². The molecule has 0 spiro atoms. The van der Waals surface area contributed by atoms with Crippen molar-refractivity contribution in [3.05, 3.63) is 66.1 Å². The van der Waals surface area contributed by atoms with E-state index in [4.69, 9.17) is 0 Å². The van der Waals surface area contributed by atoms with E-state index in [0.29, 0.717) is 17.1 Å². The molecule has 0 aliphatic carbocycles. The first kappa shape index (κ1) is 19.3. The van der Waals surface area contributed by atoms with Crippen molar-refractivity contribution >= 4 is 23.2 Å². The van der Waals surface area contributed by atoms with Gasteiger partial charge in [-0.25, -0.2) is 9.67 Å². The molecule has 1 N–H and O–H groups in total. The van der Waals surface area contributed by atoms with Crippen LogP contribution < -0.4 is 10.2 Å². The number of amides is 2. The van der Waals surface area contributed by atoms with Crippen LogP contribution in [0.25, 0.3) is 5.82 Å². The monoisotopic (exact) mass is 377 g/mol. The van der Waals surface area contributed by atoms with E-state index in [2.05, 4.69) is 15.4 Å². The van der Waals surface area contributed by atoms with Crippen LogP contribution in [0.15, 0.2) is 54.9 Å². The Kier molecular flexibility index (Phi) is 5.54. The molecule has 0 aliphatic rings. The third-order valence-corrected chi connectivity index (χ3v) is 4.45. The molecule has 0 saturated heterocycles. The van der Waals surface area contributed by atoms with Crippen molar-refractivity contribution in [2.24, 2.45) is 0 Å². The van der Waals surface area contributed by atoms with Gasteiger partial charge in [0.2, 0.25) is 5.91 Å². The second kappa shape index (κ2) is 8.04. The summed E-state index contributed by atoms with van der Waals surface area (Å²) in [5.41, 5.74) is 2.71. The summed E-state index contributed by atoms with van der Waals surface area (Å²) in [5, 5.41) is 7.27. The van der Waals surface area contributed by atoms with Crippen molar-refractivity contribution in [2.75, 3.05) is 17.3 Å². The minimum absolute atomic E-state index is 0.0553. The zero-order chi connectivity index (χ0) is 20.3. The lowest BCUT2D eigenvalue weighted by molar-refractivity contribution is -0.116. The number of aromatic nitrogens is 3. The van der Waals surface area contributed by atoms with Gasteiger partial charge in [-0.3, -0.25) is 9.59 Å². The van der Waals surface area contributed by atoms with Crippen molar-refractivity contribution in [1.82, 2.24) is 14.8 Å². The van der Waals surface area contributed by atoms with E-state index in [0.717, 1.165) is 11.4 Å². The van der Waals surface area contributed by atoms with Gasteiger partial charge in [-0.1, -0.05) is 19.9 Å². The third kappa shape index (κ3) is 3.93. The number of benzene rings is 1. The first-order valence-corrected chi connectivity index (χ1v) is 9.03. The Morgan fingerprint density at radius 2 is 1.82 bits per heavy atom. The maximum Gasteiger partial charge on any atom is 0.259 e. The normalized spacial score (nSPS) is 10.8. The van der Waals surface area contributed by atoms with E-state index in [9.17, 15) is 9.59 Å². The maximum atomic E-state index is 12.9. The summed E-state index contributed by atoms with van der Waals surface area (Å²) in [5.74, 6) is 0.456. The van der Waals surface area contributed by atoms with Crippen LogP contribution in [-0.2, 0) is 4.79 Å². The largest absolute Gasteiger partial charge is 0.322 e. The van der Waals surface area contributed by atoms with E-state index in [-0.39, 0.29) is 17.7 Å². The fourth-order valence-corrected chi connectivity index (χ4v) is 2.90. The van der Waals surface area contributed by atoms with Crippen LogP contribution in [-0.4, -0.2) is 33.6 Å². The molecule has 7 nitrogen and oxygen atoms in total. The minimum atomic E-state index is -0.237. The molecule has 1 aromatic carbocycles. The van der Waals surface area contributed by atoms with Crippen molar-refractivity contribution in [2.45, 2.75) is 26.7 Å². The maximum absolute atomic E-state index is 12.9. The Bertz CT molecular complexity index is 978. The molecule has 0 bridgehead atoms. The van der Waals surface area contributed by atoms with Gasteiger partial charge in [0.05, 0.1) is 17.5 Å². The van der Waals surface area contributed by atoms with Gasteiger partial charge in [0.25, 0.3) is 5.91 Å². The fourth-order valence-electron chi connectivity index (χ4n) is 2.90. The van der Waals surface area contributed by atoms with Crippen LogP contribution >= 0.6 is 0 Å². The van der Waals surface area contributed by atoms with E-state index in [1.807, 2.05) is 32.0 Å². The smallest absolute Gasteiger partial charge is 0.259 e. The van der Waals surface area contributed by atoms with Gasteiger partial charge in [0.1, 0.15) is 0 Å². The number of carbonyl (C=O) groups is 2. The molecule has 0 unspecified atom stereocenters. The fraction of sp³-hybridized carbons (Fsp3) is 0.238. The van der Waals surface area contributed by atoms with Gasteiger partial charge in [-0.15, -0.1) is 0 Å². The topological polar surface area (TPSA) is 80.1 Å². The number of hydrogen-bond acceptors (Lipinski definition) is 4. The predicted octanol–water partition coefficient (Wildman–Crippen LogP) is 3.63. The number of hydrogen-bond donors (Lipinski definition) is 1. The summed E-state index contributed by atoms with van der Waals surface area (Å²) in [6.07, 6.45) is 3.26. The summed E-state index contributed by atoms with van der Waals surface area (Å²) in [6, 6.07) is 12.7. The zero-order valence-electron chi connectivity index (χ0n) is 16.4. The summed E-state index contributed by atoms with van der Waals surface area (Å²) < 4.78 is 1.70. The van der Waals surface area contributed by atoms with Gasteiger partial charge >= 0.3 is 0 Å². The quantitative estimate of drug-likeness (QED) is 0.736. The van der Waals surface area contributed by atoms with Gasteiger partial charge in [0.15, 0.2) is 5.82 Å². The summed E-state index contributed by atoms with van der Waals surface area (Å²) in [4.78, 5) is 30.2. The Balaban J connectivity index is 1.85. The van der Waals surface area contributed by atoms with E-state index in [1.165, 1.54) is 6.92 Å². The van der Waals surface area contributed by atoms with Crippen LogP contribution in [0.5, 0.6) is 0 Å². The number of rotatable bonds is 5. The molecule has 3 aromatic rings. The van der Waals surface area contributed by atoms with Crippen molar-refractivity contribution in [1.29, 1.82) is 0 Å². The molecule has 2 amide bonds. The highest BCUT2D eigenvalue weighted by Gasteiger charge is 2.21. The highest BCUT2D eigenvalue weighted by atomic mass is 16.2. The SMILES string of the molecule is CC(=O)N(C)c1ccc(NC(=O)c2cnn(-c3ccccn3)c2C(C)C)cc1. The molecule has 0 saturated carbocycles. The van der Waals surface area contributed by atoms with E-state index < -0.39 is 0 Å². The van der Waals surface area contributed by atoms with E-state index in [1.54, 1.807) is 53.3 Å². The average molecular weight is 377 g/mol. The lowest BCUT2D eigenvalue weighted by Crippen LogP contribution is -2.22. The summed E-state index contributed by atoms with van der Waals surface area (Å²) >= 11 is 0. The molecule has 2 aromatic heterocycles. The van der Waals surface area contributed by atoms with Gasteiger partial charge in [-0.05, 0) is 42.3 Å². The lowest BCUT2D eigenvalue weighted by Gasteiger charge is -2.15. The molecule has 144 valence electrons. The molecule has 3 rings (SSSR count). The number of nitrogens with one attached hydrogen (secondary N) is 1. The highest BCUT2D eigenvalue weighted by molar-refractivity contribution is 6.05. The molecule has 0 aliphatic heterocycles. The second-order valence-electron chi connectivity index (χ2n) is 6.78. The predicted molar refractivity (Wildman–Crippen MR) is 109 cm³/mol. The van der Waals surface area contributed by atoms with Crippen LogP contribution in [0, 0.1) is 0 Å². The molecule has 28 heavy (non-hydrogen) atoms. The minimum Gasteiger partial charge on any atom is -0.322 e. The average Bonchev–Trinajstić information content (AvgIpc) is 3.14. The lowest BCUT2D eigenvalue weighted by atomic mass is 10.1. The van der Waals surface area contributed by atoms with Crippen molar-refractivity contribution < 1.29 is 9.59 Å². The highest BCUT2D eigenvalue weighted by Crippen LogP contribution is 2.24. The summed E-state index contributed by atoms with van der Waals surface area (Å²) in [6.45, 7) is 5.53. The number of anilines is 2. The number of pyridine rings is 1. The van der Waals surface area contributed by atoms with Crippen LogP contribution in [0.4, 0.5) is 11.4 Å². The molecule has 7 heteroatoms. The van der Waals surface area contributed by atoms with Gasteiger partial charge in [0, 0.05) is 31.5 Å². The summed E-state index contributed by atoms with van der Waals surface area (Å²) in [7, 11) is 1.71. The molecule has 0 atom stereocenters. The molecular weight excluding hydrogens is 354 g/mol. The Labute approximate surface area is 164 Å². The molecule has 0 fully saturated rings. The Morgan fingerprint density at radius 3 is 2.39 bits per heavy atom. The van der Waals surface area contributed by atoms with Crippen molar-refractivity contribution in [3.63, 3.8) is 0 Å². The van der Waals surface area contributed by atoms with Crippen LogP contribution in [0.3, 0.4) is 0 Å².